The van der Waals surface area contributed by atoms with Crippen LogP contribution in [0.15, 0.2) is 64.8 Å². The van der Waals surface area contributed by atoms with Gasteiger partial charge in [-0.1, -0.05) is 0 Å². The molecule has 1 N–H and O–H groups in total. The second kappa shape index (κ2) is 9.03. The van der Waals surface area contributed by atoms with E-state index in [2.05, 4.69) is 10.3 Å². The van der Waals surface area contributed by atoms with Gasteiger partial charge in [0.25, 0.3) is 11.5 Å². The summed E-state index contributed by atoms with van der Waals surface area (Å²) in [4.78, 5) is 41.8. The van der Waals surface area contributed by atoms with Gasteiger partial charge in [-0.3, -0.25) is 14.0 Å². The van der Waals surface area contributed by atoms with E-state index in [1.807, 2.05) is 12.3 Å². The van der Waals surface area contributed by atoms with E-state index < -0.39 is 5.97 Å². The number of thiazole rings is 1. The van der Waals surface area contributed by atoms with E-state index in [0.717, 1.165) is 5.69 Å². The number of carbonyl (C=O) groups is 2. The maximum Gasteiger partial charge on any atom is 0.338 e. The van der Waals surface area contributed by atoms with Gasteiger partial charge in [0.05, 0.1) is 18.4 Å². The minimum atomic E-state index is -0.553. The van der Waals surface area contributed by atoms with E-state index in [1.165, 1.54) is 21.8 Å². The van der Waals surface area contributed by atoms with E-state index in [0.29, 0.717) is 33.2 Å². The number of rotatable bonds is 6. The number of methoxy groups -OCH3 is 1. The van der Waals surface area contributed by atoms with Crippen LogP contribution in [-0.4, -0.2) is 28.4 Å². The highest BCUT2D eigenvalue weighted by Gasteiger charge is 2.12. The average molecular weight is 449 g/mol. The van der Waals surface area contributed by atoms with Crippen LogP contribution < -0.4 is 15.6 Å². The summed E-state index contributed by atoms with van der Waals surface area (Å²) >= 11 is 1.35. The molecule has 4 rings (SSSR count). The van der Waals surface area contributed by atoms with Gasteiger partial charge in [0, 0.05) is 28.4 Å². The normalized spacial score (nSPS) is 10.7. The summed E-state index contributed by atoms with van der Waals surface area (Å²) in [6, 6.07) is 14.4. The molecule has 0 radical (unpaired) electrons. The van der Waals surface area contributed by atoms with E-state index in [9.17, 15) is 14.4 Å². The molecule has 4 aromatic rings. The third kappa shape index (κ3) is 4.52. The van der Waals surface area contributed by atoms with Gasteiger partial charge in [-0.15, -0.1) is 11.3 Å². The molecule has 9 heteroatoms. The topological polar surface area (TPSA) is 99.0 Å². The predicted octanol–water partition coefficient (Wildman–Crippen LogP) is 3.68. The summed E-state index contributed by atoms with van der Waals surface area (Å²) < 4.78 is 11.9. The zero-order chi connectivity index (χ0) is 22.7. The van der Waals surface area contributed by atoms with Crippen LogP contribution >= 0.6 is 11.3 Å². The first-order valence-corrected chi connectivity index (χ1v) is 10.5. The Kier molecular flexibility index (Phi) is 6.00. The molecular formula is C23H19N3O5S. The Morgan fingerprint density at radius 2 is 1.75 bits per heavy atom. The monoisotopic (exact) mass is 449 g/mol. The molecule has 0 aliphatic rings. The van der Waals surface area contributed by atoms with Gasteiger partial charge in [-0.2, -0.15) is 0 Å². The number of fused-ring (bicyclic) bond motifs is 1. The molecule has 0 saturated heterocycles. The number of hydrogen-bond acceptors (Lipinski definition) is 7. The van der Waals surface area contributed by atoms with Crippen molar-refractivity contribution >= 4 is 33.9 Å². The molecule has 0 atom stereocenters. The number of nitrogens with one attached hydrogen (secondary N) is 1. The van der Waals surface area contributed by atoms with Crippen molar-refractivity contribution in [1.82, 2.24) is 9.38 Å². The number of anilines is 1. The van der Waals surface area contributed by atoms with Crippen LogP contribution in [0.4, 0.5) is 5.69 Å². The lowest BCUT2D eigenvalue weighted by Crippen LogP contribution is -2.16. The molecule has 0 bridgehead atoms. The molecule has 2 heterocycles. The first-order chi connectivity index (χ1) is 15.4. The lowest BCUT2D eigenvalue weighted by molar-refractivity contribution is 0.0467. The predicted molar refractivity (Wildman–Crippen MR) is 121 cm³/mol. The lowest BCUT2D eigenvalue weighted by Gasteiger charge is -2.08. The summed E-state index contributed by atoms with van der Waals surface area (Å²) in [5.41, 5.74) is 2.32. The first-order valence-electron chi connectivity index (χ1n) is 9.64. The Bertz CT molecular complexity index is 1340. The molecule has 2 aromatic carbocycles. The summed E-state index contributed by atoms with van der Waals surface area (Å²) in [6.07, 6.45) is 0. The van der Waals surface area contributed by atoms with Gasteiger partial charge in [-0.25, -0.2) is 9.78 Å². The Hall–Kier alpha value is -3.98. The largest absolute Gasteiger partial charge is 0.497 e. The molecule has 1 amide bonds. The van der Waals surface area contributed by atoms with Crippen LogP contribution in [0, 0.1) is 6.92 Å². The molecule has 0 fully saturated rings. The lowest BCUT2D eigenvalue weighted by atomic mass is 10.1. The summed E-state index contributed by atoms with van der Waals surface area (Å²) in [5, 5.41) is 4.61. The highest BCUT2D eigenvalue weighted by molar-refractivity contribution is 7.15. The molecule has 0 saturated carbocycles. The molecule has 162 valence electrons. The van der Waals surface area contributed by atoms with Crippen LogP contribution in [0.3, 0.4) is 0 Å². The Balaban J connectivity index is 1.37. The van der Waals surface area contributed by atoms with Crippen molar-refractivity contribution in [2.75, 3.05) is 12.4 Å². The van der Waals surface area contributed by atoms with Crippen molar-refractivity contribution < 1.29 is 19.1 Å². The number of benzene rings is 2. The fourth-order valence-electron chi connectivity index (χ4n) is 3.03. The SMILES string of the molecule is COc1ccc(C(=O)Nc2ccc(C(=O)OCc3cc(=O)n4c(C)csc4n3)cc2)cc1. The van der Waals surface area contributed by atoms with Crippen molar-refractivity contribution in [3.8, 4) is 5.75 Å². The van der Waals surface area contributed by atoms with Gasteiger partial charge < -0.3 is 14.8 Å². The molecule has 0 aliphatic carbocycles. The third-order valence-corrected chi connectivity index (χ3v) is 5.65. The summed E-state index contributed by atoms with van der Waals surface area (Å²) in [5.74, 6) is -0.169. The quantitative estimate of drug-likeness (QED) is 0.451. The second-order valence-electron chi connectivity index (χ2n) is 6.92. The van der Waals surface area contributed by atoms with Crippen molar-refractivity contribution in [2.24, 2.45) is 0 Å². The van der Waals surface area contributed by atoms with Crippen molar-refractivity contribution in [1.29, 1.82) is 0 Å². The van der Waals surface area contributed by atoms with Crippen LogP contribution in [-0.2, 0) is 11.3 Å². The number of amides is 1. The number of aromatic nitrogens is 2. The first kappa shape index (κ1) is 21.3. The third-order valence-electron chi connectivity index (χ3n) is 4.71. The van der Waals surface area contributed by atoms with Gasteiger partial charge in [-0.05, 0) is 55.5 Å². The minimum absolute atomic E-state index is 0.114. The smallest absolute Gasteiger partial charge is 0.338 e. The number of nitrogens with zero attached hydrogens (tertiary/aromatic N) is 2. The van der Waals surface area contributed by atoms with Crippen molar-refractivity contribution in [2.45, 2.75) is 13.5 Å². The molecule has 0 aliphatic heterocycles. The molecular weight excluding hydrogens is 430 g/mol. The van der Waals surface area contributed by atoms with Crippen molar-refractivity contribution in [3.05, 3.63) is 92.8 Å². The van der Waals surface area contributed by atoms with Crippen LogP contribution in [0.5, 0.6) is 5.75 Å². The van der Waals surface area contributed by atoms with Gasteiger partial charge in [0.15, 0.2) is 4.96 Å². The van der Waals surface area contributed by atoms with E-state index >= 15 is 0 Å². The van der Waals surface area contributed by atoms with E-state index in [-0.39, 0.29) is 18.1 Å². The Labute approximate surface area is 187 Å². The Morgan fingerprint density at radius 1 is 1.06 bits per heavy atom. The van der Waals surface area contributed by atoms with Crippen LogP contribution in [0.1, 0.15) is 32.1 Å². The summed E-state index contributed by atoms with van der Waals surface area (Å²) in [6.45, 7) is 1.72. The molecule has 0 unspecified atom stereocenters. The summed E-state index contributed by atoms with van der Waals surface area (Å²) in [7, 11) is 1.56. The number of hydrogen-bond donors (Lipinski definition) is 1. The molecule has 32 heavy (non-hydrogen) atoms. The number of ether oxygens (including phenoxy) is 2. The maximum atomic E-state index is 12.4. The van der Waals surface area contributed by atoms with Crippen molar-refractivity contribution in [3.63, 3.8) is 0 Å². The van der Waals surface area contributed by atoms with Crippen LogP contribution in [0.25, 0.3) is 4.96 Å². The highest BCUT2D eigenvalue weighted by atomic mass is 32.1. The fourth-order valence-corrected chi connectivity index (χ4v) is 3.92. The fraction of sp³-hybridized carbons (Fsp3) is 0.130. The van der Waals surface area contributed by atoms with E-state index in [1.54, 1.807) is 55.6 Å². The standard InChI is InChI=1S/C23H19N3O5S/c1-14-13-32-23-25-18(11-20(27)26(14)23)12-31-22(29)16-3-7-17(8-4-16)24-21(28)15-5-9-19(30-2)10-6-15/h3-11,13H,12H2,1-2H3,(H,24,28). The Morgan fingerprint density at radius 3 is 2.44 bits per heavy atom. The van der Waals surface area contributed by atoms with Crippen LogP contribution in [0.2, 0.25) is 0 Å². The van der Waals surface area contributed by atoms with E-state index in [4.69, 9.17) is 9.47 Å². The number of carbonyl (C=O) groups excluding carboxylic acids is 2. The average Bonchev–Trinajstić information content (AvgIpc) is 3.19. The zero-order valence-corrected chi connectivity index (χ0v) is 18.1. The molecule has 0 spiro atoms. The molecule has 8 nitrogen and oxygen atoms in total. The minimum Gasteiger partial charge on any atom is -0.497 e. The zero-order valence-electron chi connectivity index (χ0n) is 17.3. The number of aryl methyl sites for hydroxylation is 1. The maximum absolute atomic E-state index is 12.4. The molecule has 2 aromatic heterocycles. The highest BCUT2D eigenvalue weighted by Crippen LogP contribution is 2.16. The second-order valence-corrected chi connectivity index (χ2v) is 7.75. The number of esters is 1. The van der Waals surface area contributed by atoms with Gasteiger partial charge in [0.2, 0.25) is 0 Å². The van der Waals surface area contributed by atoms with Gasteiger partial charge >= 0.3 is 5.97 Å². The van der Waals surface area contributed by atoms with Gasteiger partial charge in [0.1, 0.15) is 12.4 Å².